The van der Waals surface area contributed by atoms with Gasteiger partial charge in [-0.15, -0.1) is 0 Å². The van der Waals surface area contributed by atoms with Crippen molar-refractivity contribution in [3.8, 4) is 0 Å². The Bertz CT molecular complexity index is 935. The zero-order valence-electron chi connectivity index (χ0n) is 18.0. The summed E-state index contributed by atoms with van der Waals surface area (Å²) in [4.78, 5) is 44.6. The van der Waals surface area contributed by atoms with Gasteiger partial charge in [0.15, 0.2) is 0 Å². The Morgan fingerprint density at radius 3 is 2.66 bits per heavy atom. The normalized spacial score (nSPS) is 15.2. The third-order valence-electron chi connectivity index (χ3n) is 5.35. The average Bonchev–Trinajstić information content (AvgIpc) is 2.82. The van der Waals surface area contributed by atoms with Crippen molar-refractivity contribution >= 4 is 29.3 Å². The van der Waals surface area contributed by atoms with Crippen molar-refractivity contribution in [2.45, 2.75) is 19.0 Å². The minimum absolute atomic E-state index is 0.112. The molecule has 170 valence electrons. The van der Waals surface area contributed by atoms with E-state index in [1.165, 1.54) is 24.3 Å². The summed E-state index contributed by atoms with van der Waals surface area (Å²) in [6.45, 7) is 3.45. The molecule has 2 heterocycles. The summed E-state index contributed by atoms with van der Waals surface area (Å²) < 4.78 is 0. The van der Waals surface area contributed by atoms with Crippen molar-refractivity contribution in [1.82, 2.24) is 20.1 Å². The molecule has 1 aliphatic rings. The number of nitro groups is 1. The van der Waals surface area contributed by atoms with Crippen molar-refractivity contribution in [3.05, 3.63) is 70.0 Å². The number of rotatable bonds is 9. The third kappa shape index (κ3) is 6.51. The van der Waals surface area contributed by atoms with Crippen molar-refractivity contribution in [3.63, 3.8) is 0 Å². The van der Waals surface area contributed by atoms with E-state index in [9.17, 15) is 19.7 Å². The van der Waals surface area contributed by atoms with Gasteiger partial charge in [0.05, 0.1) is 4.92 Å². The molecular formula is C22H27N5O4S. The van der Waals surface area contributed by atoms with Crippen LogP contribution in [0.3, 0.4) is 0 Å². The van der Waals surface area contributed by atoms with Crippen molar-refractivity contribution in [2.75, 3.05) is 38.2 Å². The van der Waals surface area contributed by atoms with Gasteiger partial charge >= 0.3 is 0 Å². The van der Waals surface area contributed by atoms with Crippen LogP contribution in [0.4, 0.5) is 5.69 Å². The molecule has 1 aromatic heterocycles. The van der Waals surface area contributed by atoms with Gasteiger partial charge in [-0.3, -0.25) is 29.6 Å². The Balaban J connectivity index is 1.60. The molecule has 1 saturated heterocycles. The zero-order chi connectivity index (χ0) is 22.9. The molecule has 1 atom stereocenters. The summed E-state index contributed by atoms with van der Waals surface area (Å²) in [5.41, 5.74) is 1.14. The first-order valence-electron chi connectivity index (χ1n) is 10.4. The third-order valence-corrected chi connectivity index (χ3v) is 5.99. The van der Waals surface area contributed by atoms with Gasteiger partial charge in [-0.1, -0.05) is 12.1 Å². The summed E-state index contributed by atoms with van der Waals surface area (Å²) >= 11 is 1.60. The molecule has 1 N–H and O–H groups in total. The van der Waals surface area contributed by atoms with Crippen molar-refractivity contribution < 1.29 is 14.5 Å². The van der Waals surface area contributed by atoms with Gasteiger partial charge in [-0.25, -0.2) is 0 Å². The van der Waals surface area contributed by atoms with Crippen LogP contribution in [0.25, 0.3) is 0 Å². The highest BCUT2D eigenvalue weighted by atomic mass is 32.2. The number of pyridine rings is 1. The Morgan fingerprint density at radius 2 is 2.00 bits per heavy atom. The zero-order valence-corrected chi connectivity index (χ0v) is 18.8. The van der Waals surface area contributed by atoms with Gasteiger partial charge in [0.1, 0.15) is 6.04 Å². The number of thioether (sulfide) groups is 1. The van der Waals surface area contributed by atoms with E-state index in [0.29, 0.717) is 25.3 Å². The maximum atomic E-state index is 13.2. The number of hydrogen-bond donors (Lipinski definition) is 1. The number of hydrogen-bond acceptors (Lipinski definition) is 7. The molecule has 0 aliphatic carbocycles. The number of nitro benzene ring substituents is 1. The van der Waals surface area contributed by atoms with Crippen LogP contribution in [0.1, 0.15) is 22.3 Å². The molecule has 0 saturated carbocycles. The summed E-state index contributed by atoms with van der Waals surface area (Å²) in [7, 11) is 0. The van der Waals surface area contributed by atoms with E-state index < -0.39 is 16.9 Å². The Hall–Kier alpha value is -2.98. The quantitative estimate of drug-likeness (QED) is 0.454. The second kappa shape index (κ2) is 11.6. The van der Waals surface area contributed by atoms with Gasteiger partial charge in [-0.2, -0.15) is 11.8 Å². The van der Waals surface area contributed by atoms with Crippen LogP contribution in [-0.4, -0.2) is 75.8 Å². The van der Waals surface area contributed by atoms with Gasteiger partial charge < -0.3 is 10.2 Å². The monoisotopic (exact) mass is 457 g/mol. The number of non-ortho nitro benzene ring substituents is 1. The standard InChI is InChI=1S/C22H27N5O4S/c1-32-13-7-20(24-21(28)18-5-2-6-19(14-18)27(30)31)22(29)26-11-9-25(10-12-26)16-17-4-3-8-23-15-17/h2-6,8,14-15,20H,7,9-13,16H2,1H3,(H,24,28). The minimum atomic E-state index is -0.668. The molecule has 1 unspecified atom stereocenters. The predicted molar refractivity (Wildman–Crippen MR) is 123 cm³/mol. The second-order valence-corrected chi connectivity index (χ2v) is 8.56. The Kier molecular flexibility index (Phi) is 8.57. The molecule has 0 spiro atoms. The number of benzene rings is 1. The van der Waals surface area contributed by atoms with Gasteiger partial charge in [0.25, 0.3) is 11.6 Å². The fourth-order valence-corrected chi connectivity index (χ4v) is 4.06. The molecule has 32 heavy (non-hydrogen) atoms. The maximum Gasteiger partial charge on any atom is 0.270 e. The minimum Gasteiger partial charge on any atom is -0.340 e. The van der Waals surface area contributed by atoms with E-state index in [2.05, 4.69) is 15.2 Å². The molecule has 9 nitrogen and oxygen atoms in total. The average molecular weight is 458 g/mol. The lowest BCUT2D eigenvalue weighted by Crippen LogP contribution is -2.55. The maximum absolute atomic E-state index is 13.2. The van der Waals surface area contributed by atoms with E-state index in [4.69, 9.17) is 0 Å². The molecule has 1 aromatic carbocycles. The van der Waals surface area contributed by atoms with E-state index in [1.54, 1.807) is 22.9 Å². The number of nitrogens with zero attached hydrogens (tertiary/aromatic N) is 4. The van der Waals surface area contributed by atoms with Gasteiger partial charge in [0, 0.05) is 62.8 Å². The number of carbonyl (C=O) groups is 2. The van der Waals surface area contributed by atoms with Crippen LogP contribution in [0.2, 0.25) is 0 Å². The highest BCUT2D eigenvalue weighted by Crippen LogP contribution is 2.15. The summed E-state index contributed by atoms with van der Waals surface area (Å²) in [6.07, 6.45) is 6.04. The largest absolute Gasteiger partial charge is 0.340 e. The van der Waals surface area contributed by atoms with Crippen LogP contribution in [0.15, 0.2) is 48.8 Å². The first-order chi connectivity index (χ1) is 15.5. The first kappa shape index (κ1) is 23.7. The van der Waals surface area contributed by atoms with E-state index in [-0.39, 0.29) is 17.2 Å². The number of carbonyl (C=O) groups excluding carboxylic acids is 2. The lowest BCUT2D eigenvalue weighted by molar-refractivity contribution is -0.384. The van der Waals surface area contributed by atoms with Crippen LogP contribution < -0.4 is 5.32 Å². The lowest BCUT2D eigenvalue weighted by atomic mass is 10.1. The molecular weight excluding hydrogens is 430 g/mol. The van der Waals surface area contributed by atoms with Gasteiger partial charge in [0.2, 0.25) is 5.91 Å². The van der Waals surface area contributed by atoms with E-state index >= 15 is 0 Å². The molecule has 0 radical (unpaired) electrons. The predicted octanol–water partition coefficient (Wildman–Crippen LogP) is 2.19. The van der Waals surface area contributed by atoms with Crippen molar-refractivity contribution in [1.29, 1.82) is 0 Å². The molecule has 2 amide bonds. The van der Waals surface area contributed by atoms with Crippen LogP contribution >= 0.6 is 11.8 Å². The highest BCUT2D eigenvalue weighted by molar-refractivity contribution is 7.98. The summed E-state index contributed by atoms with van der Waals surface area (Å²) in [6, 6.07) is 8.81. The Morgan fingerprint density at radius 1 is 1.22 bits per heavy atom. The molecule has 10 heteroatoms. The van der Waals surface area contributed by atoms with E-state index in [0.717, 1.165) is 25.2 Å². The summed E-state index contributed by atoms with van der Waals surface area (Å²) in [5, 5.41) is 13.8. The smallest absolute Gasteiger partial charge is 0.270 e. The number of piperazine rings is 1. The topological polar surface area (TPSA) is 109 Å². The molecule has 1 fully saturated rings. The second-order valence-electron chi connectivity index (χ2n) is 7.58. The van der Waals surface area contributed by atoms with E-state index in [1.807, 2.05) is 24.6 Å². The number of amides is 2. The summed E-state index contributed by atoms with van der Waals surface area (Å²) in [5.74, 6) is 0.120. The number of nitrogens with one attached hydrogen (secondary N) is 1. The number of aromatic nitrogens is 1. The van der Waals surface area contributed by atoms with Crippen LogP contribution in [0.5, 0.6) is 0 Å². The SMILES string of the molecule is CSCCC(NC(=O)c1cccc([N+](=O)[O-])c1)C(=O)N1CCN(Cc2cccnc2)CC1. The van der Waals surface area contributed by atoms with Gasteiger partial charge in [-0.05, 0) is 36.1 Å². The lowest BCUT2D eigenvalue weighted by Gasteiger charge is -2.36. The van der Waals surface area contributed by atoms with Crippen LogP contribution in [-0.2, 0) is 11.3 Å². The molecule has 0 bridgehead atoms. The molecule has 3 rings (SSSR count). The fraction of sp³-hybridized carbons (Fsp3) is 0.409. The molecule has 2 aromatic rings. The fourth-order valence-electron chi connectivity index (χ4n) is 3.59. The highest BCUT2D eigenvalue weighted by Gasteiger charge is 2.29. The van der Waals surface area contributed by atoms with Crippen molar-refractivity contribution in [2.24, 2.45) is 0 Å². The molecule has 1 aliphatic heterocycles. The van der Waals surface area contributed by atoms with Crippen LogP contribution in [0, 0.1) is 10.1 Å². The Labute approximate surface area is 191 Å². The first-order valence-corrected chi connectivity index (χ1v) is 11.8.